The first-order valence-corrected chi connectivity index (χ1v) is 10.3. The molecule has 0 saturated carbocycles. The molecule has 3 rings (SSSR count). The van der Waals surface area contributed by atoms with Gasteiger partial charge in [-0.15, -0.1) is 11.3 Å². The van der Waals surface area contributed by atoms with Gasteiger partial charge in [-0.3, -0.25) is 9.69 Å². The van der Waals surface area contributed by atoms with E-state index < -0.39 is 0 Å². The number of carbonyl (C=O) groups excluding carboxylic acids is 1. The Labute approximate surface area is 165 Å². The van der Waals surface area contributed by atoms with Crippen LogP contribution in [0.25, 0.3) is 0 Å². The minimum atomic E-state index is 0.134. The number of ether oxygens (including phenoxy) is 2. The smallest absolute Gasteiger partial charge is 0.223 e. The van der Waals surface area contributed by atoms with Crippen molar-refractivity contribution >= 4 is 17.2 Å². The summed E-state index contributed by atoms with van der Waals surface area (Å²) < 4.78 is 10.6. The molecule has 1 amide bonds. The van der Waals surface area contributed by atoms with E-state index in [0.29, 0.717) is 6.54 Å². The van der Waals surface area contributed by atoms with Gasteiger partial charge in [0, 0.05) is 23.9 Å². The molecular weight excluding hydrogens is 360 g/mol. The highest BCUT2D eigenvalue weighted by Crippen LogP contribution is 2.27. The van der Waals surface area contributed by atoms with Crippen LogP contribution in [0.2, 0.25) is 0 Å². The summed E-state index contributed by atoms with van der Waals surface area (Å²) in [7, 11) is 3.26. The topological polar surface area (TPSA) is 50.8 Å². The molecule has 0 spiro atoms. The van der Waals surface area contributed by atoms with Crippen LogP contribution in [0.5, 0.6) is 11.5 Å². The van der Waals surface area contributed by atoms with Crippen LogP contribution < -0.4 is 14.8 Å². The fraction of sp³-hybridized carbons (Fsp3) is 0.476. The van der Waals surface area contributed by atoms with E-state index in [0.717, 1.165) is 56.0 Å². The van der Waals surface area contributed by atoms with Crippen LogP contribution in [0.4, 0.5) is 0 Å². The number of piperidine rings is 1. The van der Waals surface area contributed by atoms with Gasteiger partial charge < -0.3 is 14.8 Å². The summed E-state index contributed by atoms with van der Waals surface area (Å²) in [6.07, 6.45) is 2.66. The highest BCUT2D eigenvalue weighted by atomic mass is 32.1. The minimum absolute atomic E-state index is 0.134. The lowest BCUT2D eigenvalue weighted by atomic mass is 9.96. The Balaban J connectivity index is 1.40. The van der Waals surface area contributed by atoms with E-state index >= 15 is 0 Å². The maximum Gasteiger partial charge on any atom is 0.223 e. The Morgan fingerprint density at radius 3 is 2.63 bits per heavy atom. The second-order valence-electron chi connectivity index (χ2n) is 6.86. The second kappa shape index (κ2) is 9.76. The van der Waals surface area contributed by atoms with Gasteiger partial charge in [0.05, 0.1) is 14.2 Å². The summed E-state index contributed by atoms with van der Waals surface area (Å²) in [4.78, 5) is 16.3. The number of rotatable bonds is 8. The number of nitrogens with zero attached hydrogens (tertiary/aromatic N) is 1. The van der Waals surface area contributed by atoms with Crippen molar-refractivity contribution in [2.45, 2.75) is 25.8 Å². The first kappa shape index (κ1) is 19.7. The van der Waals surface area contributed by atoms with Crippen LogP contribution in [0.15, 0.2) is 35.7 Å². The largest absolute Gasteiger partial charge is 0.493 e. The Hall–Kier alpha value is -2.05. The van der Waals surface area contributed by atoms with Gasteiger partial charge in [0.25, 0.3) is 0 Å². The van der Waals surface area contributed by atoms with Gasteiger partial charge in [-0.2, -0.15) is 0 Å². The molecule has 0 aliphatic carbocycles. The standard InChI is InChI=1S/C21H28N2O3S/c1-25-19-6-5-16(14-20(19)26-2)7-10-22-21(24)17-8-11-23(12-9-17)15-18-4-3-13-27-18/h3-6,13-14,17H,7-12,15H2,1-2H3,(H,22,24). The number of hydrogen-bond donors (Lipinski definition) is 1. The molecule has 1 aliphatic rings. The molecule has 1 aromatic carbocycles. The van der Waals surface area contributed by atoms with Crippen LogP contribution in [-0.2, 0) is 17.8 Å². The van der Waals surface area contributed by atoms with E-state index in [9.17, 15) is 4.79 Å². The fourth-order valence-electron chi connectivity index (χ4n) is 3.49. The predicted molar refractivity (Wildman–Crippen MR) is 109 cm³/mol. The second-order valence-corrected chi connectivity index (χ2v) is 7.89. The monoisotopic (exact) mass is 388 g/mol. The van der Waals surface area contributed by atoms with E-state index in [1.54, 1.807) is 25.6 Å². The van der Waals surface area contributed by atoms with Crippen LogP contribution in [-0.4, -0.2) is 44.7 Å². The van der Waals surface area contributed by atoms with Crippen molar-refractivity contribution in [2.24, 2.45) is 5.92 Å². The zero-order valence-electron chi connectivity index (χ0n) is 16.1. The number of nitrogens with one attached hydrogen (secondary N) is 1. The predicted octanol–water partition coefficient (Wildman–Crippen LogP) is 3.34. The average molecular weight is 389 g/mol. The molecule has 1 fully saturated rings. The highest BCUT2D eigenvalue weighted by molar-refractivity contribution is 7.09. The molecule has 1 aromatic heterocycles. The van der Waals surface area contributed by atoms with Gasteiger partial charge in [-0.25, -0.2) is 0 Å². The summed E-state index contributed by atoms with van der Waals surface area (Å²) in [5.74, 6) is 1.76. The minimum Gasteiger partial charge on any atom is -0.493 e. The first-order valence-electron chi connectivity index (χ1n) is 9.43. The van der Waals surface area contributed by atoms with Gasteiger partial charge in [0.1, 0.15) is 0 Å². The number of methoxy groups -OCH3 is 2. The Bertz CT molecular complexity index is 725. The van der Waals surface area contributed by atoms with Crippen LogP contribution in [0.3, 0.4) is 0 Å². The van der Waals surface area contributed by atoms with Gasteiger partial charge >= 0.3 is 0 Å². The number of carbonyl (C=O) groups is 1. The number of likely N-dealkylation sites (tertiary alicyclic amines) is 1. The lowest BCUT2D eigenvalue weighted by molar-refractivity contribution is -0.126. The molecule has 1 N–H and O–H groups in total. The number of benzene rings is 1. The van der Waals surface area contributed by atoms with Crippen molar-refractivity contribution in [3.8, 4) is 11.5 Å². The molecule has 0 bridgehead atoms. The van der Waals surface area contributed by atoms with Crippen LogP contribution >= 0.6 is 11.3 Å². The lowest BCUT2D eigenvalue weighted by Crippen LogP contribution is -2.40. The summed E-state index contributed by atoms with van der Waals surface area (Å²) >= 11 is 1.80. The van der Waals surface area contributed by atoms with Crippen molar-refractivity contribution in [3.63, 3.8) is 0 Å². The molecule has 5 nitrogen and oxygen atoms in total. The number of hydrogen-bond acceptors (Lipinski definition) is 5. The molecule has 2 aromatic rings. The lowest BCUT2D eigenvalue weighted by Gasteiger charge is -2.30. The molecule has 146 valence electrons. The number of amides is 1. The van der Waals surface area contributed by atoms with Gasteiger partial charge in [-0.05, 0) is 61.5 Å². The van der Waals surface area contributed by atoms with Gasteiger partial charge in [0.2, 0.25) is 5.91 Å². The summed E-state index contributed by atoms with van der Waals surface area (Å²) in [6.45, 7) is 3.63. The molecule has 0 unspecified atom stereocenters. The SMILES string of the molecule is COc1ccc(CCNC(=O)C2CCN(Cc3cccs3)CC2)cc1OC. The maximum atomic E-state index is 12.5. The van der Waals surface area contributed by atoms with Crippen molar-refractivity contribution in [1.29, 1.82) is 0 Å². The fourth-order valence-corrected chi connectivity index (χ4v) is 4.23. The Morgan fingerprint density at radius 2 is 1.96 bits per heavy atom. The Morgan fingerprint density at radius 1 is 1.19 bits per heavy atom. The van der Waals surface area contributed by atoms with Crippen molar-refractivity contribution in [2.75, 3.05) is 33.9 Å². The molecule has 6 heteroatoms. The highest BCUT2D eigenvalue weighted by Gasteiger charge is 2.24. The first-order chi connectivity index (χ1) is 13.2. The average Bonchev–Trinajstić information content (AvgIpc) is 3.21. The van der Waals surface area contributed by atoms with Gasteiger partial charge in [-0.1, -0.05) is 12.1 Å². The molecule has 1 saturated heterocycles. The summed E-state index contributed by atoms with van der Waals surface area (Å²) in [6, 6.07) is 10.2. The molecule has 2 heterocycles. The van der Waals surface area contributed by atoms with E-state index in [1.807, 2.05) is 18.2 Å². The quantitative estimate of drug-likeness (QED) is 0.754. The van der Waals surface area contributed by atoms with E-state index in [4.69, 9.17) is 9.47 Å². The third-order valence-corrected chi connectivity index (χ3v) is 5.94. The normalized spacial score (nSPS) is 15.5. The van der Waals surface area contributed by atoms with Crippen molar-refractivity contribution in [3.05, 3.63) is 46.2 Å². The van der Waals surface area contributed by atoms with Crippen molar-refractivity contribution in [1.82, 2.24) is 10.2 Å². The molecule has 0 radical (unpaired) electrons. The zero-order valence-corrected chi connectivity index (χ0v) is 16.9. The molecule has 27 heavy (non-hydrogen) atoms. The van der Waals surface area contributed by atoms with Gasteiger partial charge in [0.15, 0.2) is 11.5 Å². The molecular formula is C21H28N2O3S. The van der Waals surface area contributed by atoms with Crippen molar-refractivity contribution < 1.29 is 14.3 Å². The van der Waals surface area contributed by atoms with Crippen LogP contribution in [0.1, 0.15) is 23.3 Å². The van der Waals surface area contributed by atoms with E-state index in [1.165, 1.54) is 4.88 Å². The third-order valence-electron chi connectivity index (χ3n) is 5.08. The zero-order chi connectivity index (χ0) is 19.1. The Kier molecular flexibility index (Phi) is 7.12. The summed E-state index contributed by atoms with van der Waals surface area (Å²) in [5.41, 5.74) is 1.12. The van der Waals surface area contributed by atoms with E-state index in [-0.39, 0.29) is 11.8 Å². The van der Waals surface area contributed by atoms with Crippen LogP contribution in [0, 0.1) is 5.92 Å². The number of thiophene rings is 1. The van der Waals surface area contributed by atoms with E-state index in [2.05, 4.69) is 27.7 Å². The molecule has 0 atom stereocenters. The third kappa shape index (κ3) is 5.47. The summed E-state index contributed by atoms with van der Waals surface area (Å²) in [5, 5.41) is 5.22. The molecule has 1 aliphatic heterocycles. The maximum absolute atomic E-state index is 12.5.